The molecule has 1 N–H and O–H groups in total. The van der Waals surface area contributed by atoms with Gasteiger partial charge >= 0.3 is 0 Å². The maximum Gasteiger partial charge on any atom is 0.257 e. The molecule has 7 heteroatoms. The van der Waals surface area contributed by atoms with E-state index < -0.39 is 0 Å². The lowest BCUT2D eigenvalue weighted by Gasteiger charge is -2.16. The Kier molecular flexibility index (Phi) is 5.08. The first-order valence-electron chi connectivity index (χ1n) is 8.96. The van der Waals surface area contributed by atoms with E-state index in [9.17, 15) is 9.59 Å². The highest BCUT2D eigenvalue weighted by atomic mass is 32.1. The first kappa shape index (κ1) is 18.2. The number of aromatic nitrogens is 1. The molecule has 28 heavy (non-hydrogen) atoms. The summed E-state index contributed by atoms with van der Waals surface area (Å²) in [5, 5.41) is 5.27. The topological polar surface area (TPSA) is 71.5 Å². The lowest BCUT2D eigenvalue weighted by atomic mass is 10.1. The van der Waals surface area contributed by atoms with Gasteiger partial charge in [-0.1, -0.05) is 6.07 Å². The Hall–Kier alpha value is -3.19. The Balaban J connectivity index is 1.48. The number of carbonyl (C=O) groups excluding carboxylic acids is 2. The fourth-order valence-corrected chi connectivity index (χ4v) is 3.85. The number of carbonyl (C=O) groups is 2. The van der Waals surface area contributed by atoms with Gasteiger partial charge in [0, 0.05) is 35.2 Å². The van der Waals surface area contributed by atoms with Crippen LogP contribution in [0.3, 0.4) is 0 Å². The van der Waals surface area contributed by atoms with Crippen LogP contribution in [0, 0.1) is 0 Å². The van der Waals surface area contributed by atoms with Gasteiger partial charge in [-0.15, -0.1) is 11.3 Å². The maximum absolute atomic E-state index is 12.6. The van der Waals surface area contributed by atoms with Crippen LogP contribution < -0.4 is 15.0 Å². The Morgan fingerprint density at radius 3 is 2.75 bits per heavy atom. The molecule has 0 spiro atoms. The number of nitrogens with one attached hydrogen (secondary N) is 1. The molecule has 0 unspecified atom stereocenters. The third kappa shape index (κ3) is 3.75. The lowest BCUT2D eigenvalue weighted by molar-refractivity contribution is -0.117. The van der Waals surface area contributed by atoms with Gasteiger partial charge in [0.25, 0.3) is 5.91 Å². The molecule has 0 bridgehead atoms. The lowest BCUT2D eigenvalue weighted by Crippen LogP contribution is -2.24. The molecule has 1 aliphatic rings. The quantitative estimate of drug-likeness (QED) is 0.705. The second-order valence-corrected chi connectivity index (χ2v) is 7.28. The van der Waals surface area contributed by atoms with Gasteiger partial charge in [-0.3, -0.25) is 14.9 Å². The van der Waals surface area contributed by atoms with E-state index in [2.05, 4.69) is 10.3 Å². The number of hydrogen-bond acceptors (Lipinski definition) is 5. The highest BCUT2D eigenvalue weighted by molar-refractivity contribution is 7.14. The van der Waals surface area contributed by atoms with E-state index in [0.717, 1.165) is 29.1 Å². The third-order valence-electron chi connectivity index (χ3n) is 4.60. The van der Waals surface area contributed by atoms with Crippen LogP contribution in [0.5, 0.6) is 5.75 Å². The van der Waals surface area contributed by atoms with Crippen molar-refractivity contribution in [2.75, 3.05) is 23.9 Å². The normalized spacial score (nSPS) is 13.6. The van der Waals surface area contributed by atoms with E-state index in [1.807, 2.05) is 35.7 Å². The van der Waals surface area contributed by atoms with Gasteiger partial charge in [-0.05, 0) is 48.9 Å². The largest absolute Gasteiger partial charge is 0.497 e. The van der Waals surface area contributed by atoms with Crippen molar-refractivity contribution in [3.8, 4) is 17.0 Å². The van der Waals surface area contributed by atoms with Gasteiger partial charge in [0.2, 0.25) is 5.91 Å². The maximum atomic E-state index is 12.6. The highest BCUT2D eigenvalue weighted by Crippen LogP contribution is 2.27. The van der Waals surface area contributed by atoms with Crippen LogP contribution in [0.4, 0.5) is 10.8 Å². The smallest absolute Gasteiger partial charge is 0.257 e. The van der Waals surface area contributed by atoms with Crippen molar-refractivity contribution in [3.05, 3.63) is 59.5 Å². The molecule has 1 fully saturated rings. The molecular formula is C21H19N3O3S. The van der Waals surface area contributed by atoms with Crippen LogP contribution in [0.15, 0.2) is 53.9 Å². The summed E-state index contributed by atoms with van der Waals surface area (Å²) >= 11 is 1.37. The monoisotopic (exact) mass is 393 g/mol. The predicted molar refractivity (Wildman–Crippen MR) is 110 cm³/mol. The van der Waals surface area contributed by atoms with Gasteiger partial charge < -0.3 is 9.64 Å². The van der Waals surface area contributed by atoms with E-state index in [-0.39, 0.29) is 11.8 Å². The van der Waals surface area contributed by atoms with Crippen LogP contribution in [-0.2, 0) is 4.79 Å². The Morgan fingerprint density at radius 1 is 1.21 bits per heavy atom. The van der Waals surface area contributed by atoms with Crippen LogP contribution in [0.2, 0.25) is 0 Å². The number of benzene rings is 2. The van der Waals surface area contributed by atoms with Crippen LogP contribution in [0.1, 0.15) is 23.2 Å². The van der Waals surface area contributed by atoms with Crippen molar-refractivity contribution >= 4 is 34.0 Å². The summed E-state index contributed by atoms with van der Waals surface area (Å²) in [5.41, 5.74) is 3.00. The van der Waals surface area contributed by atoms with Gasteiger partial charge in [0.15, 0.2) is 5.13 Å². The van der Waals surface area contributed by atoms with Crippen molar-refractivity contribution in [2.45, 2.75) is 12.8 Å². The average Bonchev–Trinajstić information content (AvgIpc) is 3.37. The first-order valence-corrected chi connectivity index (χ1v) is 9.84. The predicted octanol–water partition coefficient (Wildman–Crippen LogP) is 4.20. The minimum atomic E-state index is -0.246. The average molecular weight is 393 g/mol. The zero-order valence-electron chi connectivity index (χ0n) is 15.3. The van der Waals surface area contributed by atoms with Gasteiger partial charge in [0.1, 0.15) is 5.75 Å². The fourth-order valence-electron chi connectivity index (χ4n) is 3.13. The summed E-state index contributed by atoms with van der Waals surface area (Å²) in [7, 11) is 1.63. The molecule has 0 atom stereocenters. The Bertz CT molecular complexity index is 1010. The fraction of sp³-hybridized carbons (Fsp3) is 0.190. The van der Waals surface area contributed by atoms with Crippen molar-refractivity contribution in [1.29, 1.82) is 0 Å². The molecule has 0 aliphatic carbocycles. The molecule has 2 aromatic carbocycles. The summed E-state index contributed by atoms with van der Waals surface area (Å²) in [6.07, 6.45) is 1.41. The highest BCUT2D eigenvalue weighted by Gasteiger charge is 2.22. The number of nitrogens with zero attached hydrogens (tertiary/aromatic N) is 2. The molecule has 1 aromatic heterocycles. The number of methoxy groups -OCH3 is 1. The summed E-state index contributed by atoms with van der Waals surface area (Å²) in [6.45, 7) is 0.696. The van der Waals surface area contributed by atoms with E-state index in [1.165, 1.54) is 11.3 Å². The molecule has 142 valence electrons. The molecular weight excluding hydrogens is 374 g/mol. The van der Waals surface area contributed by atoms with Crippen molar-refractivity contribution < 1.29 is 14.3 Å². The molecule has 1 aliphatic heterocycles. The first-order chi connectivity index (χ1) is 13.6. The molecule has 6 nitrogen and oxygen atoms in total. The summed E-state index contributed by atoms with van der Waals surface area (Å²) in [5.74, 6) is 0.634. The number of rotatable bonds is 5. The van der Waals surface area contributed by atoms with Crippen LogP contribution >= 0.6 is 11.3 Å². The molecule has 3 aromatic rings. The Morgan fingerprint density at radius 2 is 2.04 bits per heavy atom. The number of thiazole rings is 1. The standard InChI is InChI=1S/C21H19N3O3S/c1-27-17-9-7-14(8-10-17)18-13-28-21(22-18)23-20(26)15-4-2-5-16(12-15)24-11-3-6-19(24)25/h2,4-5,7-10,12-13H,3,6,11H2,1H3,(H,22,23,26). The molecule has 1 saturated heterocycles. The van der Waals surface area contributed by atoms with Crippen molar-refractivity contribution in [1.82, 2.24) is 4.98 Å². The molecule has 4 rings (SSSR count). The van der Waals surface area contributed by atoms with Gasteiger partial charge in [-0.2, -0.15) is 0 Å². The number of anilines is 2. The third-order valence-corrected chi connectivity index (χ3v) is 5.36. The van der Waals surface area contributed by atoms with Crippen molar-refractivity contribution in [2.24, 2.45) is 0 Å². The Labute approximate surface area is 166 Å². The summed E-state index contributed by atoms with van der Waals surface area (Å²) < 4.78 is 5.17. The van der Waals surface area contributed by atoms with Crippen LogP contribution in [-0.4, -0.2) is 30.5 Å². The van der Waals surface area contributed by atoms with Gasteiger partial charge in [-0.25, -0.2) is 4.98 Å². The number of amides is 2. The van der Waals surface area contributed by atoms with E-state index >= 15 is 0 Å². The number of ether oxygens (including phenoxy) is 1. The van der Waals surface area contributed by atoms with E-state index in [4.69, 9.17) is 4.74 Å². The summed E-state index contributed by atoms with van der Waals surface area (Å²) in [6, 6.07) is 14.7. The second kappa shape index (κ2) is 7.82. The minimum absolute atomic E-state index is 0.0987. The zero-order valence-corrected chi connectivity index (χ0v) is 16.2. The zero-order chi connectivity index (χ0) is 19.5. The van der Waals surface area contributed by atoms with Gasteiger partial charge in [0.05, 0.1) is 12.8 Å². The molecule has 2 heterocycles. The molecule has 0 saturated carbocycles. The second-order valence-electron chi connectivity index (χ2n) is 6.42. The molecule has 2 amide bonds. The molecule has 0 radical (unpaired) electrons. The van der Waals surface area contributed by atoms with Crippen LogP contribution in [0.25, 0.3) is 11.3 Å². The SMILES string of the molecule is COc1ccc(-c2csc(NC(=O)c3cccc(N4CCCC4=O)c3)n2)cc1. The summed E-state index contributed by atoms with van der Waals surface area (Å²) in [4.78, 5) is 30.8. The van der Waals surface area contributed by atoms with E-state index in [1.54, 1.807) is 30.2 Å². The number of hydrogen-bond donors (Lipinski definition) is 1. The van der Waals surface area contributed by atoms with Crippen molar-refractivity contribution in [3.63, 3.8) is 0 Å². The van der Waals surface area contributed by atoms with E-state index in [0.29, 0.717) is 23.7 Å². The minimum Gasteiger partial charge on any atom is -0.497 e.